The van der Waals surface area contributed by atoms with Crippen LogP contribution in [0, 0.1) is 22.7 Å². The zero-order valence-electron chi connectivity index (χ0n) is 13.6. The van der Waals surface area contributed by atoms with Crippen LogP contribution in [0.4, 0.5) is 0 Å². The van der Waals surface area contributed by atoms with Crippen molar-refractivity contribution < 1.29 is 4.79 Å². The molecule has 0 saturated carbocycles. The lowest BCUT2D eigenvalue weighted by molar-refractivity contribution is 0.104. The summed E-state index contributed by atoms with van der Waals surface area (Å²) in [6.07, 6.45) is 2.91. The number of carbonyl (C=O) groups excluding carboxylic acids is 1. The molecule has 0 atom stereocenters. The number of benzene rings is 2. The fraction of sp³-hybridized carbons (Fsp3) is 0. The van der Waals surface area contributed by atoms with Crippen LogP contribution in [0.3, 0.4) is 0 Å². The molecular formula is C21H12N4O. The molecule has 0 spiro atoms. The van der Waals surface area contributed by atoms with E-state index in [0.29, 0.717) is 17.0 Å². The zero-order valence-corrected chi connectivity index (χ0v) is 13.6. The van der Waals surface area contributed by atoms with E-state index < -0.39 is 0 Å². The first-order valence-corrected chi connectivity index (χ1v) is 7.78. The van der Waals surface area contributed by atoms with Crippen molar-refractivity contribution in [2.75, 3.05) is 0 Å². The van der Waals surface area contributed by atoms with Gasteiger partial charge in [-0.05, 0) is 12.2 Å². The molecule has 3 rings (SSSR count). The van der Waals surface area contributed by atoms with Gasteiger partial charge in [0.2, 0.25) is 0 Å². The van der Waals surface area contributed by atoms with Crippen LogP contribution in [0.15, 0.2) is 66.7 Å². The lowest BCUT2D eigenvalue weighted by Crippen LogP contribution is -2.01. The SMILES string of the molecule is N#Cc1nc(/C=C/C(=O)c2ccccc2)c(-c2ccccc2)nc1C#N. The van der Waals surface area contributed by atoms with Gasteiger partial charge in [-0.2, -0.15) is 10.5 Å². The largest absolute Gasteiger partial charge is 0.289 e. The van der Waals surface area contributed by atoms with E-state index in [9.17, 15) is 15.3 Å². The van der Waals surface area contributed by atoms with E-state index >= 15 is 0 Å². The lowest BCUT2D eigenvalue weighted by Gasteiger charge is -2.06. The molecule has 0 amide bonds. The molecule has 0 aliphatic carbocycles. The molecule has 0 saturated heterocycles. The van der Waals surface area contributed by atoms with Crippen molar-refractivity contribution in [3.63, 3.8) is 0 Å². The minimum atomic E-state index is -0.186. The van der Waals surface area contributed by atoms with Gasteiger partial charge in [0.15, 0.2) is 17.2 Å². The van der Waals surface area contributed by atoms with Gasteiger partial charge in [0.05, 0.1) is 11.4 Å². The molecule has 5 nitrogen and oxygen atoms in total. The molecule has 3 aromatic rings. The van der Waals surface area contributed by atoms with Crippen molar-refractivity contribution in [3.8, 4) is 23.4 Å². The number of nitriles is 2. The van der Waals surface area contributed by atoms with Gasteiger partial charge in [0, 0.05) is 11.1 Å². The van der Waals surface area contributed by atoms with E-state index in [2.05, 4.69) is 9.97 Å². The highest BCUT2D eigenvalue weighted by atomic mass is 16.1. The van der Waals surface area contributed by atoms with Crippen molar-refractivity contribution in [2.45, 2.75) is 0 Å². The van der Waals surface area contributed by atoms with Gasteiger partial charge in [-0.1, -0.05) is 60.7 Å². The van der Waals surface area contributed by atoms with Crippen molar-refractivity contribution in [1.82, 2.24) is 9.97 Å². The smallest absolute Gasteiger partial charge is 0.185 e. The summed E-state index contributed by atoms with van der Waals surface area (Å²) in [7, 11) is 0. The number of rotatable bonds is 4. The topological polar surface area (TPSA) is 90.4 Å². The van der Waals surface area contributed by atoms with Crippen LogP contribution >= 0.6 is 0 Å². The van der Waals surface area contributed by atoms with Gasteiger partial charge >= 0.3 is 0 Å². The van der Waals surface area contributed by atoms with E-state index in [-0.39, 0.29) is 17.2 Å². The lowest BCUT2D eigenvalue weighted by atomic mass is 10.1. The Kier molecular flexibility index (Phi) is 4.93. The number of allylic oxidation sites excluding steroid dienone is 1. The quantitative estimate of drug-likeness (QED) is 0.534. The highest BCUT2D eigenvalue weighted by molar-refractivity contribution is 6.06. The Morgan fingerprint density at radius 3 is 2.04 bits per heavy atom. The molecule has 0 aliphatic heterocycles. The number of nitrogens with zero attached hydrogens (tertiary/aromatic N) is 4. The Bertz CT molecular complexity index is 1060. The van der Waals surface area contributed by atoms with E-state index in [4.69, 9.17) is 0 Å². The molecule has 0 unspecified atom stereocenters. The minimum Gasteiger partial charge on any atom is -0.289 e. The highest BCUT2D eigenvalue weighted by Crippen LogP contribution is 2.23. The highest BCUT2D eigenvalue weighted by Gasteiger charge is 2.14. The van der Waals surface area contributed by atoms with Crippen molar-refractivity contribution in [1.29, 1.82) is 10.5 Å². The van der Waals surface area contributed by atoms with Crippen molar-refractivity contribution in [2.24, 2.45) is 0 Å². The monoisotopic (exact) mass is 336 g/mol. The van der Waals surface area contributed by atoms with E-state index in [1.807, 2.05) is 48.5 Å². The van der Waals surface area contributed by atoms with Gasteiger partial charge in [0.1, 0.15) is 12.1 Å². The van der Waals surface area contributed by atoms with Crippen LogP contribution < -0.4 is 0 Å². The molecule has 122 valence electrons. The molecule has 0 N–H and O–H groups in total. The van der Waals surface area contributed by atoms with Gasteiger partial charge < -0.3 is 0 Å². The first-order valence-electron chi connectivity index (χ1n) is 7.78. The second-order valence-electron chi connectivity index (χ2n) is 5.31. The van der Waals surface area contributed by atoms with Crippen LogP contribution in [0.25, 0.3) is 17.3 Å². The summed E-state index contributed by atoms with van der Waals surface area (Å²) in [4.78, 5) is 20.8. The third-order valence-corrected chi connectivity index (χ3v) is 3.63. The molecule has 1 aromatic heterocycles. The fourth-order valence-corrected chi connectivity index (χ4v) is 2.38. The summed E-state index contributed by atoms with van der Waals surface area (Å²) in [5, 5.41) is 18.4. The van der Waals surface area contributed by atoms with Gasteiger partial charge in [-0.15, -0.1) is 0 Å². The first kappa shape index (κ1) is 16.8. The fourth-order valence-electron chi connectivity index (χ4n) is 2.38. The van der Waals surface area contributed by atoms with Gasteiger partial charge in [0.25, 0.3) is 0 Å². The van der Waals surface area contributed by atoms with E-state index in [1.54, 1.807) is 24.3 Å². The Morgan fingerprint density at radius 1 is 0.846 bits per heavy atom. The second kappa shape index (κ2) is 7.65. The number of hydrogen-bond donors (Lipinski definition) is 0. The van der Waals surface area contributed by atoms with Gasteiger partial charge in [-0.3, -0.25) is 4.79 Å². The zero-order chi connectivity index (χ0) is 18.4. The predicted octanol–water partition coefficient (Wildman–Crippen LogP) is 3.78. The van der Waals surface area contributed by atoms with Crippen molar-refractivity contribution >= 4 is 11.9 Å². The Morgan fingerprint density at radius 2 is 1.42 bits per heavy atom. The molecule has 5 heteroatoms. The molecule has 26 heavy (non-hydrogen) atoms. The summed E-state index contributed by atoms with van der Waals surface area (Å²) in [5.41, 5.74) is 1.98. The molecule has 2 aromatic carbocycles. The number of ketones is 1. The molecule has 0 fully saturated rings. The predicted molar refractivity (Wildman–Crippen MR) is 96.7 cm³/mol. The van der Waals surface area contributed by atoms with Crippen LogP contribution in [0.5, 0.6) is 0 Å². The second-order valence-corrected chi connectivity index (χ2v) is 5.31. The average molecular weight is 336 g/mol. The van der Waals surface area contributed by atoms with E-state index in [1.165, 1.54) is 12.2 Å². The molecular weight excluding hydrogens is 324 g/mol. The maximum absolute atomic E-state index is 12.3. The van der Waals surface area contributed by atoms with Crippen LogP contribution in [0.2, 0.25) is 0 Å². The maximum atomic E-state index is 12.3. The van der Waals surface area contributed by atoms with Crippen LogP contribution in [0.1, 0.15) is 27.4 Å². The number of aromatic nitrogens is 2. The van der Waals surface area contributed by atoms with Gasteiger partial charge in [-0.25, -0.2) is 9.97 Å². The summed E-state index contributed by atoms with van der Waals surface area (Å²) in [6, 6.07) is 21.8. The Balaban J connectivity index is 2.08. The third-order valence-electron chi connectivity index (χ3n) is 3.63. The Hall–Kier alpha value is -4.09. The minimum absolute atomic E-state index is 0.0436. The third kappa shape index (κ3) is 3.53. The summed E-state index contributed by atoms with van der Waals surface area (Å²) < 4.78 is 0. The van der Waals surface area contributed by atoms with Crippen LogP contribution in [-0.4, -0.2) is 15.8 Å². The summed E-state index contributed by atoms with van der Waals surface area (Å²) in [6.45, 7) is 0. The van der Waals surface area contributed by atoms with Crippen molar-refractivity contribution in [3.05, 3.63) is 89.4 Å². The van der Waals surface area contributed by atoms with E-state index in [0.717, 1.165) is 5.56 Å². The molecule has 1 heterocycles. The number of hydrogen-bond acceptors (Lipinski definition) is 5. The summed E-state index contributed by atoms with van der Waals surface area (Å²) >= 11 is 0. The first-order chi connectivity index (χ1) is 12.7. The molecule has 0 aliphatic rings. The molecule has 0 bridgehead atoms. The molecule has 0 radical (unpaired) electrons. The maximum Gasteiger partial charge on any atom is 0.185 e. The number of carbonyl (C=O) groups is 1. The van der Waals surface area contributed by atoms with Crippen LogP contribution in [-0.2, 0) is 0 Å². The average Bonchev–Trinajstić information content (AvgIpc) is 2.72. The standard InChI is InChI=1S/C21H12N4O/c22-13-18-19(14-23)25-21(16-9-5-2-6-10-16)17(24-18)11-12-20(26)15-7-3-1-4-8-15/h1-12H/b12-11+. The summed E-state index contributed by atoms with van der Waals surface area (Å²) in [5.74, 6) is -0.186. The normalized spacial score (nSPS) is 10.2. The Labute approximate surface area is 150 Å².